The number of hydrogen-bond donors (Lipinski definition) is 1. The molecule has 0 spiro atoms. The van der Waals surface area contributed by atoms with Crippen LogP contribution in [-0.4, -0.2) is 31.0 Å². The van der Waals surface area contributed by atoms with Gasteiger partial charge in [0.2, 0.25) is 0 Å². The summed E-state index contributed by atoms with van der Waals surface area (Å²) in [5.41, 5.74) is 4.87. The van der Waals surface area contributed by atoms with Crippen molar-refractivity contribution >= 4 is 13.2 Å². The van der Waals surface area contributed by atoms with Gasteiger partial charge in [0.1, 0.15) is 6.61 Å². The molecule has 20 heavy (non-hydrogen) atoms. The molecule has 1 heterocycles. The maximum atomic E-state index is 10.8. The molecule has 5 nitrogen and oxygen atoms in total. The smallest absolute Gasteiger partial charge is 0.446 e. The maximum absolute atomic E-state index is 10.8. The van der Waals surface area contributed by atoms with E-state index in [1.54, 1.807) is 0 Å². The first-order valence-corrected chi connectivity index (χ1v) is 6.83. The van der Waals surface area contributed by atoms with Crippen molar-refractivity contribution in [2.75, 3.05) is 6.61 Å². The Morgan fingerprint density at radius 1 is 1.20 bits per heavy atom. The zero-order valence-electron chi connectivity index (χ0n) is 13.6. The first-order chi connectivity index (χ1) is 8.84. The van der Waals surface area contributed by atoms with Gasteiger partial charge in [-0.25, -0.2) is 4.79 Å². The molecule has 1 fully saturated rings. The van der Waals surface area contributed by atoms with Gasteiger partial charge in [-0.15, -0.1) is 0 Å². The van der Waals surface area contributed by atoms with Crippen molar-refractivity contribution in [1.82, 2.24) is 0 Å². The monoisotopic (exact) mass is 283 g/mol. The summed E-state index contributed by atoms with van der Waals surface area (Å²) in [6.45, 7) is 14.2. The van der Waals surface area contributed by atoms with Gasteiger partial charge in [-0.3, -0.25) is 0 Å². The molecule has 0 aliphatic carbocycles. The molecule has 0 unspecified atom stereocenters. The van der Waals surface area contributed by atoms with Crippen LogP contribution in [0.4, 0.5) is 4.79 Å². The number of carbonyl (C=O) groups is 1. The van der Waals surface area contributed by atoms with Crippen LogP contribution in [0.25, 0.3) is 0 Å². The van der Waals surface area contributed by atoms with Crippen LogP contribution in [0.15, 0.2) is 11.5 Å². The summed E-state index contributed by atoms with van der Waals surface area (Å²) in [6, 6.07) is 0. The fourth-order valence-electron chi connectivity index (χ4n) is 1.88. The number of ether oxygens (including phenoxy) is 1. The Balaban J connectivity index is 2.96. The first-order valence-electron chi connectivity index (χ1n) is 6.83. The van der Waals surface area contributed by atoms with E-state index in [1.807, 2.05) is 33.8 Å². The summed E-state index contributed by atoms with van der Waals surface area (Å²) < 4.78 is 16.9. The lowest BCUT2D eigenvalue weighted by Crippen LogP contribution is -2.41. The third-order valence-corrected chi connectivity index (χ3v) is 3.56. The molecule has 1 aliphatic heterocycles. The number of nitrogens with two attached hydrogens (primary N) is 1. The second-order valence-electron chi connectivity index (χ2n) is 7.28. The van der Waals surface area contributed by atoms with Crippen molar-refractivity contribution in [3.8, 4) is 0 Å². The molecule has 0 radical (unpaired) electrons. The number of hydrogen-bond acceptors (Lipinski definition) is 4. The highest BCUT2D eigenvalue weighted by atomic mass is 16.7. The van der Waals surface area contributed by atoms with Crippen molar-refractivity contribution in [2.24, 2.45) is 11.1 Å². The maximum Gasteiger partial charge on any atom is 0.493 e. The Morgan fingerprint density at radius 3 is 2.00 bits per heavy atom. The average Bonchev–Trinajstić information content (AvgIpc) is 2.41. The zero-order valence-corrected chi connectivity index (χ0v) is 13.6. The van der Waals surface area contributed by atoms with Crippen molar-refractivity contribution in [1.29, 1.82) is 0 Å². The molecule has 114 valence electrons. The highest BCUT2D eigenvalue weighted by Crippen LogP contribution is 2.39. The van der Waals surface area contributed by atoms with E-state index in [4.69, 9.17) is 19.8 Å². The van der Waals surface area contributed by atoms with Crippen LogP contribution in [0.3, 0.4) is 0 Å². The molecule has 1 aliphatic rings. The largest absolute Gasteiger partial charge is 0.493 e. The summed E-state index contributed by atoms with van der Waals surface area (Å²) in [6.07, 6.45) is 1.19. The van der Waals surface area contributed by atoms with Gasteiger partial charge in [-0.05, 0) is 38.6 Å². The predicted molar refractivity (Wildman–Crippen MR) is 79.2 cm³/mol. The van der Waals surface area contributed by atoms with E-state index in [9.17, 15) is 4.79 Å². The molecule has 2 N–H and O–H groups in total. The van der Waals surface area contributed by atoms with Crippen LogP contribution in [-0.2, 0) is 14.0 Å². The van der Waals surface area contributed by atoms with Gasteiger partial charge >= 0.3 is 13.2 Å². The summed E-state index contributed by atoms with van der Waals surface area (Å²) in [7, 11) is -0.529. The quantitative estimate of drug-likeness (QED) is 0.808. The summed E-state index contributed by atoms with van der Waals surface area (Å²) in [4.78, 5) is 10.8. The lowest BCUT2D eigenvalue weighted by molar-refractivity contribution is 0.00578. The fraction of sp³-hybridized carbons (Fsp3) is 0.786. The van der Waals surface area contributed by atoms with Gasteiger partial charge in [0.15, 0.2) is 0 Å². The Kier molecular flexibility index (Phi) is 4.61. The summed E-state index contributed by atoms with van der Waals surface area (Å²) >= 11 is 0. The molecule has 0 atom stereocenters. The van der Waals surface area contributed by atoms with Crippen molar-refractivity contribution in [2.45, 2.75) is 59.7 Å². The standard InChI is InChI=1S/C14H26BNO4/c1-12(2,3)8-10(9-18-11(16)17)15-19-13(4,5)14(6,7)20-15/h8H,9H2,1-7H3,(H2,16,17). The lowest BCUT2D eigenvalue weighted by Gasteiger charge is -2.32. The van der Waals surface area contributed by atoms with Crippen LogP contribution in [0, 0.1) is 5.41 Å². The minimum atomic E-state index is -0.804. The van der Waals surface area contributed by atoms with Crippen LogP contribution >= 0.6 is 0 Å². The average molecular weight is 283 g/mol. The van der Waals surface area contributed by atoms with E-state index in [1.165, 1.54) is 0 Å². The van der Waals surface area contributed by atoms with Crippen LogP contribution in [0.1, 0.15) is 48.5 Å². The number of allylic oxidation sites excluding steroid dienone is 1. The molecular formula is C14H26BNO4. The van der Waals surface area contributed by atoms with E-state index < -0.39 is 24.4 Å². The third kappa shape index (κ3) is 4.25. The minimum Gasteiger partial charge on any atom is -0.446 e. The Morgan fingerprint density at radius 2 is 1.65 bits per heavy atom. The predicted octanol–water partition coefficient (Wildman–Crippen LogP) is 2.69. The van der Waals surface area contributed by atoms with Gasteiger partial charge < -0.3 is 19.8 Å². The highest BCUT2D eigenvalue weighted by Gasteiger charge is 2.52. The second-order valence-corrected chi connectivity index (χ2v) is 7.28. The molecule has 1 amide bonds. The van der Waals surface area contributed by atoms with Crippen molar-refractivity contribution in [3.63, 3.8) is 0 Å². The minimum absolute atomic E-state index is 0.0728. The van der Waals surface area contributed by atoms with E-state index in [2.05, 4.69) is 20.8 Å². The zero-order chi connectivity index (χ0) is 15.8. The number of rotatable bonds is 3. The first kappa shape index (κ1) is 17.0. The lowest BCUT2D eigenvalue weighted by atomic mass is 9.74. The molecule has 0 saturated carbocycles. The Hall–Kier alpha value is -1.01. The number of primary amides is 1. The highest BCUT2D eigenvalue weighted by molar-refractivity contribution is 6.54. The van der Waals surface area contributed by atoms with Gasteiger partial charge in [-0.1, -0.05) is 26.8 Å². The van der Waals surface area contributed by atoms with Crippen LogP contribution in [0.5, 0.6) is 0 Å². The van der Waals surface area contributed by atoms with Gasteiger partial charge in [0, 0.05) is 0 Å². The van der Waals surface area contributed by atoms with Gasteiger partial charge in [-0.2, -0.15) is 0 Å². The number of carbonyl (C=O) groups excluding carboxylic acids is 1. The fourth-order valence-corrected chi connectivity index (χ4v) is 1.88. The van der Waals surface area contributed by atoms with E-state index in [0.717, 1.165) is 5.47 Å². The van der Waals surface area contributed by atoms with Gasteiger partial charge in [0.05, 0.1) is 11.2 Å². The Labute approximate surface area is 122 Å². The normalized spacial score (nSPS) is 21.9. The molecule has 0 aromatic rings. The molecule has 0 aromatic heterocycles. The molecule has 0 aromatic carbocycles. The van der Waals surface area contributed by atoms with Crippen LogP contribution < -0.4 is 5.73 Å². The SMILES string of the molecule is CC(C)(C)C=C(COC(N)=O)B1OC(C)(C)C(C)(C)O1. The molecular weight excluding hydrogens is 257 g/mol. The molecule has 1 saturated heterocycles. The molecule has 6 heteroatoms. The topological polar surface area (TPSA) is 70.8 Å². The second kappa shape index (κ2) is 5.41. The summed E-state index contributed by atoms with van der Waals surface area (Å²) in [5, 5.41) is 0. The van der Waals surface area contributed by atoms with E-state index in [0.29, 0.717) is 0 Å². The van der Waals surface area contributed by atoms with Crippen LogP contribution in [0.2, 0.25) is 0 Å². The molecule has 0 bridgehead atoms. The van der Waals surface area contributed by atoms with E-state index >= 15 is 0 Å². The Bertz CT molecular complexity index is 394. The van der Waals surface area contributed by atoms with Crippen molar-refractivity contribution < 1.29 is 18.8 Å². The summed E-state index contributed by atoms with van der Waals surface area (Å²) in [5.74, 6) is 0. The third-order valence-electron chi connectivity index (χ3n) is 3.56. The number of amides is 1. The molecule has 1 rings (SSSR count). The van der Waals surface area contributed by atoms with Crippen molar-refractivity contribution in [3.05, 3.63) is 11.5 Å². The van der Waals surface area contributed by atoms with E-state index in [-0.39, 0.29) is 12.0 Å². The van der Waals surface area contributed by atoms with Gasteiger partial charge in [0.25, 0.3) is 0 Å².